The normalized spacial score (nSPS) is 12.7. The number of carbonyl (C=O) groups excluding carboxylic acids is 1. The summed E-state index contributed by atoms with van der Waals surface area (Å²) in [4.78, 5) is 12.5. The molecule has 0 spiro atoms. The van der Waals surface area contributed by atoms with E-state index < -0.39 is 5.60 Å². The van der Waals surface area contributed by atoms with E-state index >= 15 is 0 Å². The fourth-order valence-corrected chi connectivity index (χ4v) is 9.34. The van der Waals surface area contributed by atoms with E-state index in [4.69, 9.17) is 4.74 Å². The molecule has 0 aliphatic carbocycles. The molecule has 1 heterocycles. The number of para-hydroxylation sites is 2. The van der Waals surface area contributed by atoms with Gasteiger partial charge in [0.2, 0.25) is 0 Å². The average Bonchev–Trinajstić information content (AvgIpc) is 3.65. The lowest BCUT2D eigenvalue weighted by Crippen LogP contribution is -2.27. The number of ether oxygens (including phenoxy) is 1. The quantitative estimate of drug-likeness (QED) is 0.166. The Morgan fingerprint density at radius 2 is 0.806 bits per heavy atom. The Morgan fingerprint density at radius 3 is 1.24 bits per heavy atom. The van der Waals surface area contributed by atoms with Gasteiger partial charge >= 0.3 is 6.09 Å². The maximum atomic E-state index is 12.5. The van der Waals surface area contributed by atoms with E-state index in [0.29, 0.717) is 11.8 Å². The molecule has 3 nitrogen and oxygen atoms in total. The minimum Gasteiger partial charge on any atom is -0.443 e. The summed E-state index contributed by atoms with van der Waals surface area (Å²) in [5.74, 6) is 0.593. The SMILES string of the molecule is CC.CC(C)(C)OC(=O)n1c2ccccc2c2ccccc21.CC(c1ccc2ccccc2c1)c1ccc2ccc3c(C(C)c4ccc5ccccc5c4)ccc4ccc1c2c43. The number of hydrogen-bond donors (Lipinski definition) is 0. The van der Waals surface area contributed by atoms with Crippen LogP contribution in [-0.4, -0.2) is 16.3 Å². The summed E-state index contributed by atoms with van der Waals surface area (Å²) < 4.78 is 7.17. The average molecular weight is 808 g/mol. The lowest BCUT2D eigenvalue weighted by Gasteiger charge is -2.21. The Balaban J connectivity index is 0.000000187. The molecule has 2 unspecified atom stereocenters. The molecule has 0 saturated heterocycles. The van der Waals surface area contributed by atoms with Crippen molar-refractivity contribution in [3.8, 4) is 0 Å². The van der Waals surface area contributed by atoms with Crippen LogP contribution in [0.3, 0.4) is 0 Å². The molecule has 0 N–H and O–H groups in total. The summed E-state index contributed by atoms with van der Waals surface area (Å²) >= 11 is 0. The summed E-state index contributed by atoms with van der Waals surface area (Å²) in [7, 11) is 0. The van der Waals surface area contributed by atoms with Gasteiger partial charge in [0.05, 0.1) is 11.0 Å². The van der Waals surface area contributed by atoms with E-state index in [0.717, 1.165) is 21.8 Å². The van der Waals surface area contributed by atoms with Gasteiger partial charge in [0.15, 0.2) is 0 Å². The van der Waals surface area contributed by atoms with Gasteiger partial charge in [-0.15, -0.1) is 0 Å². The zero-order chi connectivity index (χ0) is 43.1. The summed E-state index contributed by atoms with van der Waals surface area (Å²) in [6.07, 6.45) is -0.338. The standard InChI is InChI=1S/C40H30.C17H17NO2.C2H6/c1-25(31-13-11-27-7-3-5-9-33(27)23-31)35-19-15-29-18-22-38-36(20-16-30-17-21-37(35)39(29)40(30)38)26(2)32-14-12-28-8-4-6-10-34(28)24-32;1-17(2,3)20-16(19)18-14-10-6-4-8-12(14)13-9-5-7-11-15(13)18;1-2/h3-26H,1-2H3;4-11H,1-3H3;1-2H3. The third kappa shape index (κ3) is 7.32. The molecule has 62 heavy (non-hydrogen) atoms. The Morgan fingerprint density at radius 1 is 0.435 bits per heavy atom. The zero-order valence-electron chi connectivity index (χ0n) is 36.7. The summed E-state index contributed by atoms with van der Waals surface area (Å²) in [6.45, 7) is 14.3. The van der Waals surface area contributed by atoms with Crippen LogP contribution in [0.5, 0.6) is 0 Å². The molecule has 0 bridgehead atoms. The molecule has 2 atom stereocenters. The molecule has 10 aromatic carbocycles. The van der Waals surface area contributed by atoms with E-state index in [9.17, 15) is 4.79 Å². The Bertz CT molecular complexity index is 3190. The lowest BCUT2D eigenvalue weighted by molar-refractivity contribution is 0.0551. The molecule has 11 aromatic rings. The van der Waals surface area contributed by atoms with Crippen molar-refractivity contribution in [3.05, 3.63) is 204 Å². The first-order valence-electron chi connectivity index (χ1n) is 22.0. The number of benzene rings is 10. The van der Waals surface area contributed by atoms with Crippen LogP contribution in [0.15, 0.2) is 182 Å². The second-order valence-electron chi connectivity index (χ2n) is 17.2. The van der Waals surface area contributed by atoms with E-state index in [-0.39, 0.29) is 6.09 Å². The maximum absolute atomic E-state index is 12.5. The Kier molecular flexibility index (Phi) is 10.7. The van der Waals surface area contributed by atoms with Crippen LogP contribution in [-0.2, 0) is 4.74 Å². The first-order valence-corrected chi connectivity index (χ1v) is 22.0. The number of aromatic nitrogens is 1. The Hall–Kier alpha value is -6.97. The van der Waals surface area contributed by atoms with E-state index in [1.54, 1.807) is 4.57 Å². The van der Waals surface area contributed by atoms with Crippen LogP contribution in [0.25, 0.3) is 75.7 Å². The van der Waals surface area contributed by atoms with Crippen molar-refractivity contribution in [1.29, 1.82) is 0 Å². The monoisotopic (exact) mass is 807 g/mol. The highest BCUT2D eigenvalue weighted by molar-refractivity contribution is 6.24. The number of nitrogens with zero attached hydrogens (tertiary/aromatic N) is 1. The van der Waals surface area contributed by atoms with Gasteiger partial charge in [-0.05, 0) is 109 Å². The third-order valence-electron chi connectivity index (χ3n) is 12.4. The van der Waals surface area contributed by atoms with Crippen LogP contribution in [0.2, 0.25) is 0 Å². The molecule has 3 heteroatoms. The molecule has 306 valence electrons. The van der Waals surface area contributed by atoms with Crippen molar-refractivity contribution >= 4 is 81.8 Å². The molecule has 0 amide bonds. The summed E-state index contributed by atoms with van der Waals surface area (Å²) in [6, 6.07) is 65.6. The minimum absolute atomic E-state index is 0.296. The molecule has 11 rings (SSSR count). The van der Waals surface area contributed by atoms with E-state index in [1.165, 1.54) is 76.1 Å². The zero-order valence-corrected chi connectivity index (χ0v) is 36.7. The van der Waals surface area contributed by atoms with Crippen LogP contribution >= 0.6 is 0 Å². The van der Waals surface area contributed by atoms with Crippen LogP contribution in [0.4, 0.5) is 4.79 Å². The number of hydrogen-bond acceptors (Lipinski definition) is 2. The predicted octanol–water partition coefficient (Wildman–Crippen LogP) is 16.8. The number of carbonyl (C=O) groups is 1. The van der Waals surface area contributed by atoms with Crippen molar-refractivity contribution in [1.82, 2.24) is 4.57 Å². The molecule has 0 aliphatic heterocycles. The lowest BCUT2D eigenvalue weighted by atomic mass is 9.82. The van der Waals surface area contributed by atoms with Gasteiger partial charge in [-0.25, -0.2) is 9.36 Å². The van der Waals surface area contributed by atoms with Gasteiger partial charge < -0.3 is 4.74 Å². The van der Waals surface area contributed by atoms with Gasteiger partial charge in [0, 0.05) is 22.6 Å². The molecule has 0 radical (unpaired) electrons. The largest absolute Gasteiger partial charge is 0.443 e. The van der Waals surface area contributed by atoms with Gasteiger partial charge in [-0.2, -0.15) is 0 Å². The fraction of sp³-hybridized carbons (Fsp3) is 0.169. The fourth-order valence-electron chi connectivity index (χ4n) is 9.34. The molecule has 0 aliphatic rings. The minimum atomic E-state index is -0.510. The summed E-state index contributed by atoms with van der Waals surface area (Å²) in [5, 5.41) is 15.5. The van der Waals surface area contributed by atoms with Crippen molar-refractivity contribution in [2.45, 2.75) is 65.9 Å². The van der Waals surface area contributed by atoms with Crippen LogP contribution in [0, 0.1) is 0 Å². The third-order valence-corrected chi connectivity index (χ3v) is 12.4. The Labute approximate surface area is 364 Å². The van der Waals surface area contributed by atoms with Crippen molar-refractivity contribution < 1.29 is 9.53 Å². The first-order chi connectivity index (χ1) is 30.1. The van der Waals surface area contributed by atoms with Crippen LogP contribution < -0.4 is 0 Å². The topological polar surface area (TPSA) is 31.2 Å². The smallest absolute Gasteiger partial charge is 0.419 e. The predicted molar refractivity (Wildman–Crippen MR) is 265 cm³/mol. The van der Waals surface area contributed by atoms with Crippen molar-refractivity contribution in [2.75, 3.05) is 0 Å². The number of fused-ring (bicyclic) bond motifs is 5. The van der Waals surface area contributed by atoms with Crippen molar-refractivity contribution in [2.24, 2.45) is 0 Å². The molecular weight excluding hydrogens is 755 g/mol. The van der Waals surface area contributed by atoms with Crippen molar-refractivity contribution in [3.63, 3.8) is 0 Å². The molecule has 0 fully saturated rings. The second kappa shape index (κ2) is 16.5. The number of rotatable bonds is 4. The maximum Gasteiger partial charge on any atom is 0.419 e. The van der Waals surface area contributed by atoms with E-state index in [1.807, 2.05) is 83.1 Å². The highest BCUT2D eigenvalue weighted by atomic mass is 16.6. The van der Waals surface area contributed by atoms with Gasteiger partial charge in [0.25, 0.3) is 0 Å². The van der Waals surface area contributed by atoms with Gasteiger partial charge in [0.1, 0.15) is 5.60 Å². The first kappa shape index (κ1) is 40.4. The molecule has 1 aromatic heterocycles. The summed E-state index contributed by atoms with van der Waals surface area (Å²) in [5.41, 5.74) is 6.75. The van der Waals surface area contributed by atoms with Crippen LogP contribution in [0.1, 0.15) is 82.6 Å². The second-order valence-corrected chi connectivity index (χ2v) is 17.2. The molecular formula is C59H53NO2. The molecule has 0 saturated carbocycles. The van der Waals surface area contributed by atoms with Gasteiger partial charge in [-0.3, -0.25) is 0 Å². The van der Waals surface area contributed by atoms with E-state index in [2.05, 4.69) is 147 Å². The highest BCUT2D eigenvalue weighted by Crippen LogP contribution is 2.43. The van der Waals surface area contributed by atoms with Gasteiger partial charge in [-0.1, -0.05) is 198 Å². The highest BCUT2D eigenvalue weighted by Gasteiger charge is 2.23.